The van der Waals surface area contributed by atoms with Crippen LogP contribution in [0.15, 0.2) is 18.2 Å². The van der Waals surface area contributed by atoms with Crippen LogP contribution in [0.2, 0.25) is 0 Å². The average molecular weight is 190 g/mol. The van der Waals surface area contributed by atoms with Gasteiger partial charge in [0.15, 0.2) is 0 Å². The molecule has 2 nitrogen and oxygen atoms in total. The maximum Gasteiger partial charge on any atom is 0.121 e. The van der Waals surface area contributed by atoms with E-state index in [1.165, 1.54) is 0 Å². The molecule has 0 saturated carbocycles. The van der Waals surface area contributed by atoms with Crippen molar-refractivity contribution in [2.24, 2.45) is 0 Å². The van der Waals surface area contributed by atoms with Crippen molar-refractivity contribution in [1.82, 2.24) is 0 Å². The van der Waals surface area contributed by atoms with Gasteiger partial charge in [-0.3, -0.25) is 0 Å². The summed E-state index contributed by atoms with van der Waals surface area (Å²) in [6, 6.07) is 5.21. The number of phenols is 1. The highest BCUT2D eigenvalue weighted by Gasteiger charge is 2.07. The molecular formula is C12H14O2. The highest BCUT2D eigenvalue weighted by atomic mass is 16.3. The summed E-state index contributed by atoms with van der Waals surface area (Å²) in [6.07, 6.45) is 5.88. The van der Waals surface area contributed by atoms with Crippen LogP contribution in [0.1, 0.15) is 30.4 Å². The minimum Gasteiger partial charge on any atom is -0.508 e. The van der Waals surface area contributed by atoms with Gasteiger partial charge in [-0.15, -0.1) is 12.3 Å². The van der Waals surface area contributed by atoms with Gasteiger partial charge >= 0.3 is 0 Å². The molecule has 1 unspecified atom stereocenters. The lowest BCUT2D eigenvalue weighted by Gasteiger charge is -2.10. The third-order valence-corrected chi connectivity index (χ3v) is 2.27. The topological polar surface area (TPSA) is 40.5 Å². The Labute approximate surface area is 84.2 Å². The molecule has 0 aliphatic carbocycles. The van der Waals surface area contributed by atoms with Crippen molar-refractivity contribution in [3.63, 3.8) is 0 Å². The molecule has 1 rings (SSSR count). The summed E-state index contributed by atoms with van der Waals surface area (Å²) in [5.41, 5.74) is 1.59. The van der Waals surface area contributed by atoms with Crippen molar-refractivity contribution in [2.75, 3.05) is 0 Å². The second-order valence-electron chi connectivity index (χ2n) is 3.36. The fourth-order valence-electron chi connectivity index (χ4n) is 1.33. The number of hydrogen-bond donors (Lipinski definition) is 2. The Morgan fingerprint density at radius 2 is 2.21 bits per heavy atom. The van der Waals surface area contributed by atoms with Crippen LogP contribution in [0.25, 0.3) is 0 Å². The van der Waals surface area contributed by atoms with E-state index in [0.717, 1.165) is 5.56 Å². The van der Waals surface area contributed by atoms with E-state index in [0.29, 0.717) is 12.0 Å². The molecule has 1 aromatic carbocycles. The number of terminal acetylenes is 1. The summed E-state index contributed by atoms with van der Waals surface area (Å²) in [7, 11) is 0. The number of aliphatic hydroxyl groups is 1. The van der Waals surface area contributed by atoms with Gasteiger partial charge in [0, 0.05) is 12.0 Å². The molecule has 0 radical (unpaired) electrons. The molecule has 2 N–H and O–H groups in total. The number of aliphatic hydroxyl groups excluding tert-OH is 1. The molecule has 0 heterocycles. The molecule has 0 aromatic heterocycles. The Morgan fingerprint density at radius 3 is 2.79 bits per heavy atom. The zero-order chi connectivity index (χ0) is 10.6. The number of hydrogen-bond acceptors (Lipinski definition) is 2. The maximum atomic E-state index is 9.35. The standard InChI is InChI=1S/C12H14O2/c1-3-4-9(2)10-5-6-12(14)11(7-10)8-13/h1,5-7,9,13-14H,4,8H2,2H3. The van der Waals surface area contributed by atoms with Crippen LogP contribution < -0.4 is 0 Å². The smallest absolute Gasteiger partial charge is 0.121 e. The van der Waals surface area contributed by atoms with Crippen LogP contribution in [0.4, 0.5) is 0 Å². The number of benzene rings is 1. The zero-order valence-corrected chi connectivity index (χ0v) is 8.20. The highest BCUT2D eigenvalue weighted by Crippen LogP contribution is 2.24. The van der Waals surface area contributed by atoms with Gasteiger partial charge in [-0.2, -0.15) is 0 Å². The van der Waals surface area contributed by atoms with Gasteiger partial charge in [0.05, 0.1) is 6.61 Å². The number of aromatic hydroxyl groups is 1. The van der Waals surface area contributed by atoms with Crippen LogP contribution in [0, 0.1) is 12.3 Å². The molecule has 1 atom stereocenters. The molecule has 0 saturated heterocycles. The van der Waals surface area contributed by atoms with Gasteiger partial charge in [-0.25, -0.2) is 0 Å². The van der Waals surface area contributed by atoms with Gasteiger partial charge in [0.1, 0.15) is 5.75 Å². The lowest BCUT2D eigenvalue weighted by Crippen LogP contribution is -1.94. The summed E-state index contributed by atoms with van der Waals surface area (Å²) < 4.78 is 0. The van der Waals surface area contributed by atoms with Crippen molar-refractivity contribution in [3.8, 4) is 18.1 Å². The van der Waals surface area contributed by atoms with Gasteiger partial charge in [0.2, 0.25) is 0 Å². The largest absolute Gasteiger partial charge is 0.508 e. The summed E-state index contributed by atoms with van der Waals surface area (Å²) >= 11 is 0. The lowest BCUT2D eigenvalue weighted by molar-refractivity contribution is 0.275. The first-order valence-electron chi connectivity index (χ1n) is 4.55. The van der Waals surface area contributed by atoms with Crippen LogP contribution in [-0.2, 0) is 6.61 Å². The third-order valence-electron chi connectivity index (χ3n) is 2.27. The lowest BCUT2D eigenvalue weighted by atomic mass is 9.96. The van der Waals surface area contributed by atoms with E-state index in [2.05, 4.69) is 5.92 Å². The predicted molar refractivity (Wildman–Crippen MR) is 55.9 cm³/mol. The fraction of sp³-hybridized carbons (Fsp3) is 0.333. The van der Waals surface area contributed by atoms with Gasteiger partial charge in [-0.1, -0.05) is 13.0 Å². The Hall–Kier alpha value is -1.46. The SMILES string of the molecule is C#CCC(C)c1ccc(O)c(CO)c1. The second kappa shape index (κ2) is 4.69. The normalized spacial score (nSPS) is 12.1. The van der Waals surface area contributed by atoms with Gasteiger partial charge in [0.25, 0.3) is 0 Å². The fourth-order valence-corrected chi connectivity index (χ4v) is 1.33. The summed E-state index contributed by atoms with van der Waals surface area (Å²) in [6.45, 7) is 1.87. The second-order valence-corrected chi connectivity index (χ2v) is 3.36. The summed E-state index contributed by atoms with van der Waals surface area (Å²) in [5.74, 6) is 2.98. The first-order chi connectivity index (χ1) is 6.69. The van der Waals surface area contributed by atoms with Crippen molar-refractivity contribution < 1.29 is 10.2 Å². The Kier molecular flexibility index (Phi) is 3.55. The van der Waals surface area contributed by atoms with E-state index in [-0.39, 0.29) is 18.3 Å². The quantitative estimate of drug-likeness (QED) is 0.716. The molecule has 0 fully saturated rings. The molecule has 0 bridgehead atoms. The highest BCUT2D eigenvalue weighted by molar-refractivity contribution is 5.37. The minimum atomic E-state index is -0.150. The Balaban J connectivity index is 2.95. The molecule has 0 aliphatic rings. The molecule has 14 heavy (non-hydrogen) atoms. The van der Waals surface area contributed by atoms with Crippen LogP contribution in [-0.4, -0.2) is 10.2 Å². The predicted octanol–water partition coefficient (Wildman–Crippen LogP) is 2.01. The average Bonchev–Trinajstić information content (AvgIpc) is 2.19. The van der Waals surface area contributed by atoms with Gasteiger partial charge < -0.3 is 10.2 Å². The first kappa shape index (κ1) is 10.6. The molecule has 0 aliphatic heterocycles. The van der Waals surface area contributed by atoms with Crippen LogP contribution in [0.3, 0.4) is 0 Å². The molecular weight excluding hydrogens is 176 g/mol. The molecule has 1 aromatic rings. The van der Waals surface area contributed by atoms with E-state index in [1.54, 1.807) is 12.1 Å². The van der Waals surface area contributed by atoms with E-state index in [9.17, 15) is 5.11 Å². The van der Waals surface area contributed by atoms with Crippen molar-refractivity contribution >= 4 is 0 Å². The molecule has 74 valence electrons. The zero-order valence-electron chi connectivity index (χ0n) is 8.20. The maximum absolute atomic E-state index is 9.35. The van der Waals surface area contributed by atoms with E-state index in [1.807, 2.05) is 13.0 Å². The number of rotatable bonds is 3. The Bertz CT molecular complexity index is 350. The minimum absolute atomic E-state index is 0.129. The summed E-state index contributed by atoms with van der Waals surface area (Å²) in [5, 5.41) is 18.3. The monoisotopic (exact) mass is 190 g/mol. The van der Waals surface area contributed by atoms with Gasteiger partial charge in [-0.05, 0) is 23.6 Å². The third kappa shape index (κ3) is 2.27. The molecule has 0 amide bonds. The first-order valence-corrected chi connectivity index (χ1v) is 4.55. The molecule has 0 spiro atoms. The van der Waals surface area contributed by atoms with E-state index < -0.39 is 0 Å². The van der Waals surface area contributed by atoms with E-state index in [4.69, 9.17) is 11.5 Å². The van der Waals surface area contributed by atoms with E-state index >= 15 is 0 Å². The summed E-state index contributed by atoms with van der Waals surface area (Å²) in [4.78, 5) is 0. The Morgan fingerprint density at radius 1 is 1.50 bits per heavy atom. The van der Waals surface area contributed by atoms with Crippen LogP contribution >= 0.6 is 0 Å². The van der Waals surface area contributed by atoms with Crippen LogP contribution in [0.5, 0.6) is 5.75 Å². The molecule has 2 heteroatoms. The van der Waals surface area contributed by atoms with Crippen molar-refractivity contribution in [2.45, 2.75) is 25.9 Å². The van der Waals surface area contributed by atoms with Crippen molar-refractivity contribution in [3.05, 3.63) is 29.3 Å². The van der Waals surface area contributed by atoms with Crippen molar-refractivity contribution in [1.29, 1.82) is 0 Å².